The van der Waals surface area contributed by atoms with Crippen molar-refractivity contribution in [1.82, 2.24) is 24.1 Å². The fraction of sp³-hybridized carbons (Fsp3) is 0.294. The van der Waals surface area contributed by atoms with Crippen molar-refractivity contribution in [3.8, 4) is 0 Å². The van der Waals surface area contributed by atoms with Crippen LogP contribution < -0.4 is 5.69 Å². The van der Waals surface area contributed by atoms with Gasteiger partial charge in [-0.1, -0.05) is 18.2 Å². The maximum Gasteiger partial charge on any atom is 0.350 e. The molecule has 0 bridgehead atoms. The van der Waals surface area contributed by atoms with Gasteiger partial charge in [-0.2, -0.15) is 0 Å². The molecule has 0 saturated carbocycles. The molecule has 1 atom stereocenters. The van der Waals surface area contributed by atoms with E-state index >= 15 is 0 Å². The van der Waals surface area contributed by atoms with E-state index in [0.29, 0.717) is 30.8 Å². The first kappa shape index (κ1) is 14.6. The molecule has 1 aromatic carbocycles. The highest BCUT2D eigenvalue weighted by Gasteiger charge is 2.28. The van der Waals surface area contributed by atoms with Crippen LogP contribution in [0.15, 0.2) is 53.7 Å². The molecule has 1 amide bonds. The lowest BCUT2D eigenvalue weighted by Crippen LogP contribution is -2.30. The molecule has 0 aliphatic carbocycles. The van der Waals surface area contributed by atoms with Crippen molar-refractivity contribution in [3.63, 3.8) is 0 Å². The number of carbonyl (C=O) groups is 1. The smallest absolute Gasteiger partial charge is 0.338 e. The molecule has 0 spiro atoms. The summed E-state index contributed by atoms with van der Waals surface area (Å²) in [6, 6.07) is 9.29. The summed E-state index contributed by atoms with van der Waals surface area (Å²) in [7, 11) is 0. The lowest BCUT2D eigenvalue weighted by Gasteiger charge is -2.16. The predicted octanol–water partition coefficient (Wildman–Crippen LogP) is 1.05. The van der Waals surface area contributed by atoms with Crippen LogP contribution in [0.1, 0.15) is 16.8 Å². The molecule has 2 aromatic heterocycles. The van der Waals surface area contributed by atoms with E-state index in [9.17, 15) is 9.59 Å². The molecule has 1 aliphatic rings. The molecular formula is C17H17N5O2. The third-order valence-electron chi connectivity index (χ3n) is 4.41. The second-order valence-corrected chi connectivity index (χ2v) is 6.04. The quantitative estimate of drug-likeness (QED) is 0.722. The van der Waals surface area contributed by atoms with Crippen molar-refractivity contribution in [3.05, 3.63) is 65.0 Å². The van der Waals surface area contributed by atoms with E-state index in [2.05, 4.69) is 10.1 Å². The Hall–Kier alpha value is -2.96. The molecule has 7 nitrogen and oxygen atoms in total. The van der Waals surface area contributed by atoms with Crippen LogP contribution in [0.5, 0.6) is 0 Å². The Morgan fingerprint density at radius 3 is 2.88 bits per heavy atom. The zero-order valence-corrected chi connectivity index (χ0v) is 13.1. The Morgan fingerprint density at radius 1 is 1.25 bits per heavy atom. The predicted molar refractivity (Wildman–Crippen MR) is 87.7 cm³/mol. The van der Waals surface area contributed by atoms with Crippen LogP contribution in [0.3, 0.4) is 0 Å². The highest BCUT2D eigenvalue weighted by molar-refractivity contribution is 5.94. The molecule has 0 radical (unpaired) electrons. The summed E-state index contributed by atoms with van der Waals surface area (Å²) >= 11 is 0. The normalized spacial score (nSPS) is 17.5. The molecule has 7 heteroatoms. The lowest BCUT2D eigenvalue weighted by atomic mass is 10.1. The largest absolute Gasteiger partial charge is 0.350 e. The third kappa shape index (κ3) is 2.58. The molecule has 1 saturated heterocycles. The molecule has 4 rings (SSSR count). The number of carbonyl (C=O) groups excluding carboxylic acids is 1. The summed E-state index contributed by atoms with van der Waals surface area (Å²) in [5, 5.41) is 4.30. The number of rotatable bonds is 3. The monoisotopic (exact) mass is 323 g/mol. The number of hydrogen-bond donors (Lipinski definition) is 0. The Kier molecular flexibility index (Phi) is 3.60. The van der Waals surface area contributed by atoms with Gasteiger partial charge >= 0.3 is 5.69 Å². The number of hydrogen-bond acceptors (Lipinski definition) is 4. The number of fused-ring (bicyclic) bond motifs is 1. The average molecular weight is 323 g/mol. The maximum atomic E-state index is 12.5. The van der Waals surface area contributed by atoms with Crippen LogP contribution in [0, 0.1) is 5.92 Å². The minimum atomic E-state index is -0.166. The topological polar surface area (TPSA) is 72.5 Å². The second-order valence-electron chi connectivity index (χ2n) is 6.04. The molecule has 3 aromatic rings. The first-order chi connectivity index (χ1) is 11.7. The molecule has 0 N–H and O–H groups in total. The minimum absolute atomic E-state index is 0.0460. The standard InChI is InChI=1S/C17H17N5O2/c23-16(14-4-2-1-3-5-14)20-8-6-13(11-20)12-22-17(24)21-9-7-18-10-15(21)19-22/h1-5,7,9-10,13H,6,8,11-12H2/t13-/m1/s1. The van der Waals surface area contributed by atoms with Gasteiger partial charge in [0.15, 0.2) is 5.65 Å². The van der Waals surface area contributed by atoms with Gasteiger partial charge in [0.1, 0.15) is 0 Å². The van der Waals surface area contributed by atoms with Gasteiger partial charge in [-0.3, -0.25) is 9.78 Å². The molecule has 24 heavy (non-hydrogen) atoms. The van der Waals surface area contributed by atoms with E-state index in [0.717, 1.165) is 6.42 Å². The fourth-order valence-electron chi connectivity index (χ4n) is 3.17. The summed E-state index contributed by atoms with van der Waals surface area (Å²) in [5.41, 5.74) is 1.08. The van der Waals surface area contributed by atoms with Gasteiger partial charge < -0.3 is 4.90 Å². The van der Waals surface area contributed by atoms with Crippen molar-refractivity contribution < 1.29 is 4.79 Å². The van der Waals surface area contributed by atoms with Gasteiger partial charge in [0, 0.05) is 31.0 Å². The van der Waals surface area contributed by atoms with E-state index in [1.54, 1.807) is 18.6 Å². The first-order valence-corrected chi connectivity index (χ1v) is 7.96. The maximum absolute atomic E-state index is 12.5. The van der Waals surface area contributed by atoms with E-state index in [1.165, 1.54) is 9.08 Å². The van der Waals surface area contributed by atoms with Crippen LogP contribution in [-0.2, 0) is 6.54 Å². The molecule has 1 aliphatic heterocycles. The first-order valence-electron chi connectivity index (χ1n) is 7.96. The Morgan fingerprint density at radius 2 is 2.08 bits per heavy atom. The zero-order chi connectivity index (χ0) is 16.5. The molecular weight excluding hydrogens is 306 g/mol. The summed E-state index contributed by atoms with van der Waals surface area (Å²) in [5.74, 6) is 0.276. The van der Waals surface area contributed by atoms with E-state index in [1.807, 2.05) is 35.2 Å². The van der Waals surface area contributed by atoms with Gasteiger partial charge in [0.2, 0.25) is 0 Å². The summed E-state index contributed by atoms with van der Waals surface area (Å²) in [4.78, 5) is 30.6. The van der Waals surface area contributed by atoms with Gasteiger partial charge in [-0.05, 0) is 24.5 Å². The average Bonchev–Trinajstić information content (AvgIpc) is 3.21. The Bertz CT molecular complexity index is 931. The SMILES string of the molecule is O=C(c1ccccc1)N1CC[C@@H](Cn2nc3cnccn3c2=O)C1. The van der Waals surface area contributed by atoms with Gasteiger partial charge in [-0.15, -0.1) is 5.10 Å². The van der Waals surface area contributed by atoms with Gasteiger partial charge in [-0.25, -0.2) is 13.9 Å². The van der Waals surface area contributed by atoms with Crippen LogP contribution in [-0.4, -0.2) is 43.1 Å². The van der Waals surface area contributed by atoms with Crippen molar-refractivity contribution in [2.75, 3.05) is 13.1 Å². The van der Waals surface area contributed by atoms with Crippen molar-refractivity contribution in [1.29, 1.82) is 0 Å². The van der Waals surface area contributed by atoms with Crippen LogP contribution in [0.2, 0.25) is 0 Å². The van der Waals surface area contributed by atoms with E-state index in [4.69, 9.17) is 0 Å². The summed E-state index contributed by atoms with van der Waals surface area (Å²) in [6.07, 6.45) is 5.62. The molecule has 122 valence electrons. The summed E-state index contributed by atoms with van der Waals surface area (Å²) < 4.78 is 2.95. The Balaban J connectivity index is 1.48. The fourth-order valence-corrected chi connectivity index (χ4v) is 3.17. The van der Waals surface area contributed by atoms with Crippen molar-refractivity contribution in [2.24, 2.45) is 5.92 Å². The number of amides is 1. The lowest BCUT2D eigenvalue weighted by molar-refractivity contribution is 0.0785. The molecule has 1 fully saturated rings. The number of benzene rings is 1. The second kappa shape index (κ2) is 5.92. The van der Waals surface area contributed by atoms with Gasteiger partial charge in [0.05, 0.1) is 12.7 Å². The molecule has 0 unspecified atom stereocenters. The van der Waals surface area contributed by atoms with Crippen molar-refractivity contribution in [2.45, 2.75) is 13.0 Å². The Labute approximate surface area is 138 Å². The van der Waals surface area contributed by atoms with Crippen LogP contribution >= 0.6 is 0 Å². The van der Waals surface area contributed by atoms with Crippen LogP contribution in [0.4, 0.5) is 0 Å². The summed E-state index contributed by atoms with van der Waals surface area (Å²) in [6.45, 7) is 1.87. The van der Waals surface area contributed by atoms with E-state index < -0.39 is 0 Å². The van der Waals surface area contributed by atoms with Gasteiger partial charge in [0.25, 0.3) is 5.91 Å². The number of likely N-dealkylation sites (tertiary alicyclic amines) is 1. The van der Waals surface area contributed by atoms with Crippen LogP contribution in [0.25, 0.3) is 5.65 Å². The number of nitrogens with zero attached hydrogens (tertiary/aromatic N) is 5. The zero-order valence-electron chi connectivity index (χ0n) is 13.1. The highest BCUT2D eigenvalue weighted by atomic mass is 16.2. The minimum Gasteiger partial charge on any atom is -0.338 e. The third-order valence-corrected chi connectivity index (χ3v) is 4.41. The molecule has 3 heterocycles. The number of aromatic nitrogens is 4. The highest BCUT2D eigenvalue weighted by Crippen LogP contribution is 2.19. The van der Waals surface area contributed by atoms with Crippen molar-refractivity contribution >= 4 is 11.6 Å². The van der Waals surface area contributed by atoms with E-state index in [-0.39, 0.29) is 17.5 Å².